The third-order valence-electron chi connectivity index (χ3n) is 3.71. The quantitative estimate of drug-likeness (QED) is 0.805. The van der Waals surface area contributed by atoms with Gasteiger partial charge < -0.3 is 9.47 Å². The summed E-state index contributed by atoms with van der Waals surface area (Å²) in [4.78, 5) is 0. The highest BCUT2D eigenvalue weighted by Crippen LogP contribution is 2.39. The van der Waals surface area contributed by atoms with Gasteiger partial charge in [-0.2, -0.15) is 11.8 Å². The van der Waals surface area contributed by atoms with Crippen LogP contribution in [0.2, 0.25) is 0 Å². The van der Waals surface area contributed by atoms with Crippen molar-refractivity contribution in [1.82, 2.24) is 0 Å². The molecule has 5 heteroatoms. The lowest BCUT2D eigenvalue weighted by Gasteiger charge is -2.37. The lowest BCUT2D eigenvalue weighted by atomic mass is 9.91. The van der Waals surface area contributed by atoms with Crippen LogP contribution in [-0.2, 0) is 4.74 Å². The first-order valence-electron chi connectivity index (χ1n) is 6.50. The average molecular weight is 347 g/mol. The molecule has 19 heavy (non-hydrogen) atoms. The Bertz CT molecular complexity index is 463. The van der Waals surface area contributed by atoms with Crippen molar-refractivity contribution in [2.45, 2.75) is 31.0 Å². The van der Waals surface area contributed by atoms with Crippen LogP contribution in [0, 0.1) is 5.82 Å². The van der Waals surface area contributed by atoms with Crippen LogP contribution in [0.3, 0.4) is 0 Å². The van der Waals surface area contributed by atoms with E-state index in [4.69, 9.17) is 9.47 Å². The predicted molar refractivity (Wildman–Crippen MR) is 78.4 cm³/mol. The summed E-state index contributed by atoms with van der Waals surface area (Å²) in [5, 5.41) is 0. The zero-order chi connectivity index (χ0) is 13.3. The molecule has 0 N–H and O–H groups in total. The Kier molecular flexibility index (Phi) is 4.06. The van der Waals surface area contributed by atoms with Crippen molar-refractivity contribution < 1.29 is 13.9 Å². The molecule has 2 aliphatic rings. The van der Waals surface area contributed by atoms with Gasteiger partial charge in [0.1, 0.15) is 17.7 Å². The minimum Gasteiger partial charge on any atom is -0.490 e. The van der Waals surface area contributed by atoms with Crippen molar-refractivity contribution in [3.8, 4) is 5.75 Å². The molecule has 0 amide bonds. The van der Waals surface area contributed by atoms with Gasteiger partial charge in [-0.1, -0.05) is 0 Å². The first kappa shape index (κ1) is 13.7. The number of ether oxygens (including phenoxy) is 2. The smallest absolute Gasteiger partial charge is 0.137 e. The number of hydrogen-bond donors (Lipinski definition) is 0. The highest BCUT2D eigenvalue weighted by Gasteiger charge is 2.41. The number of thioether (sulfide) groups is 1. The van der Waals surface area contributed by atoms with E-state index in [-0.39, 0.29) is 17.5 Å². The fourth-order valence-corrected chi connectivity index (χ4v) is 4.43. The Labute approximate surface area is 125 Å². The molecule has 2 heterocycles. The summed E-state index contributed by atoms with van der Waals surface area (Å²) >= 11 is 5.14. The monoisotopic (exact) mass is 346 g/mol. The summed E-state index contributed by atoms with van der Waals surface area (Å²) in [7, 11) is 0. The molecular formula is C14H16BrFO2S. The first-order chi connectivity index (χ1) is 9.17. The normalized spacial score (nSPS) is 30.7. The van der Waals surface area contributed by atoms with Crippen LogP contribution >= 0.6 is 27.7 Å². The summed E-state index contributed by atoms with van der Waals surface area (Å²) < 4.78 is 25.6. The van der Waals surface area contributed by atoms with Gasteiger partial charge in [0.15, 0.2) is 0 Å². The molecule has 2 atom stereocenters. The number of halogens is 2. The first-order valence-corrected chi connectivity index (χ1v) is 8.45. The molecule has 0 saturated carbocycles. The molecule has 1 aromatic rings. The van der Waals surface area contributed by atoms with Gasteiger partial charge >= 0.3 is 0 Å². The molecule has 2 nitrogen and oxygen atoms in total. The minimum absolute atomic E-state index is 0.0187. The molecule has 1 aromatic carbocycles. The van der Waals surface area contributed by atoms with Crippen LogP contribution in [0.25, 0.3) is 0 Å². The van der Waals surface area contributed by atoms with Crippen molar-refractivity contribution in [1.29, 1.82) is 0 Å². The second kappa shape index (κ2) is 5.62. The lowest BCUT2D eigenvalue weighted by molar-refractivity contribution is -0.0959. The van der Waals surface area contributed by atoms with E-state index in [1.165, 1.54) is 11.8 Å². The fourth-order valence-electron chi connectivity index (χ4n) is 2.69. The van der Waals surface area contributed by atoms with Crippen LogP contribution in [0.5, 0.6) is 5.75 Å². The zero-order valence-electron chi connectivity index (χ0n) is 10.5. The number of hydrogen-bond acceptors (Lipinski definition) is 3. The Morgan fingerprint density at radius 2 is 2.37 bits per heavy atom. The van der Waals surface area contributed by atoms with Crippen LogP contribution in [0.1, 0.15) is 19.3 Å². The van der Waals surface area contributed by atoms with Crippen LogP contribution in [0.4, 0.5) is 4.39 Å². The summed E-state index contributed by atoms with van der Waals surface area (Å²) in [5.41, 5.74) is 0.0187. The standard InChI is InChI=1S/C14H16BrFO2S/c15-12-7-10(1-2-13(12)16)18-11-3-5-17-14(8-11)4-6-19-9-14/h1-2,7,11H,3-6,8-9H2. The summed E-state index contributed by atoms with van der Waals surface area (Å²) in [6.45, 7) is 0.758. The molecule has 0 radical (unpaired) electrons. The molecule has 0 bridgehead atoms. The molecule has 3 rings (SSSR count). The Balaban J connectivity index is 1.67. The maximum atomic E-state index is 13.2. The van der Waals surface area contributed by atoms with E-state index in [0.29, 0.717) is 4.47 Å². The topological polar surface area (TPSA) is 18.5 Å². The molecule has 1 spiro atoms. The fraction of sp³-hybridized carbons (Fsp3) is 0.571. The van der Waals surface area contributed by atoms with Crippen molar-refractivity contribution in [2.24, 2.45) is 0 Å². The molecule has 104 valence electrons. The zero-order valence-corrected chi connectivity index (χ0v) is 12.9. The largest absolute Gasteiger partial charge is 0.490 e. The highest BCUT2D eigenvalue weighted by molar-refractivity contribution is 9.10. The van der Waals surface area contributed by atoms with E-state index in [9.17, 15) is 4.39 Å². The van der Waals surface area contributed by atoms with Gasteiger partial charge in [0, 0.05) is 18.6 Å². The van der Waals surface area contributed by atoms with Crippen molar-refractivity contribution in [2.75, 3.05) is 18.1 Å². The second-order valence-electron chi connectivity index (χ2n) is 5.14. The van der Waals surface area contributed by atoms with E-state index >= 15 is 0 Å². The van der Waals surface area contributed by atoms with E-state index < -0.39 is 0 Å². The van der Waals surface area contributed by atoms with Gasteiger partial charge in [-0.3, -0.25) is 0 Å². The molecule has 0 aliphatic carbocycles. The van der Waals surface area contributed by atoms with Gasteiger partial charge in [0.05, 0.1) is 16.7 Å². The van der Waals surface area contributed by atoms with Gasteiger partial charge in [0.25, 0.3) is 0 Å². The van der Waals surface area contributed by atoms with E-state index in [1.54, 1.807) is 12.1 Å². The van der Waals surface area contributed by atoms with Gasteiger partial charge in [-0.05, 0) is 46.3 Å². The SMILES string of the molecule is Fc1ccc(OC2CCOC3(CCSC3)C2)cc1Br. The Morgan fingerprint density at radius 1 is 1.47 bits per heavy atom. The molecular weight excluding hydrogens is 331 g/mol. The van der Waals surface area contributed by atoms with Crippen LogP contribution in [0.15, 0.2) is 22.7 Å². The van der Waals surface area contributed by atoms with Crippen molar-refractivity contribution in [3.63, 3.8) is 0 Å². The highest BCUT2D eigenvalue weighted by atomic mass is 79.9. The van der Waals surface area contributed by atoms with Crippen molar-refractivity contribution in [3.05, 3.63) is 28.5 Å². The maximum absolute atomic E-state index is 13.2. The molecule has 2 aliphatic heterocycles. The predicted octanol–water partition coefficient (Wildman–Crippen LogP) is 4.02. The summed E-state index contributed by atoms with van der Waals surface area (Å²) in [5.74, 6) is 2.71. The Morgan fingerprint density at radius 3 is 3.11 bits per heavy atom. The minimum atomic E-state index is -0.261. The number of benzene rings is 1. The van der Waals surface area contributed by atoms with E-state index in [2.05, 4.69) is 15.9 Å². The van der Waals surface area contributed by atoms with Crippen molar-refractivity contribution >= 4 is 27.7 Å². The molecule has 0 aromatic heterocycles. The Hall–Kier alpha value is -0.260. The third kappa shape index (κ3) is 3.09. The van der Waals surface area contributed by atoms with Gasteiger partial charge in [-0.25, -0.2) is 4.39 Å². The average Bonchev–Trinajstić information content (AvgIpc) is 2.82. The van der Waals surface area contributed by atoms with Gasteiger partial charge in [0.2, 0.25) is 0 Å². The molecule has 2 fully saturated rings. The summed E-state index contributed by atoms with van der Waals surface area (Å²) in [6, 6.07) is 4.81. The van der Waals surface area contributed by atoms with Crippen LogP contribution in [-0.4, -0.2) is 29.8 Å². The number of rotatable bonds is 2. The lowest BCUT2D eigenvalue weighted by Crippen LogP contribution is -2.43. The van der Waals surface area contributed by atoms with Gasteiger partial charge in [-0.15, -0.1) is 0 Å². The second-order valence-corrected chi connectivity index (χ2v) is 7.10. The van der Waals surface area contributed by atoms with E-state index in [0.717, 1.165) is 37.4 Å². The van der Waals surface area contributed by atoms with Crippen LogP contribution < -0.4 is 4.74 Å². The summed E-state index contributed by atoms with van der Waals surface area (Å²) in [6.07, 6.45) is 3.13. The maximum Gasteiger partial charge on any atom is 0.137 e. The molecule has 2 unspecified atom stereocenters. The third-order valence-corrected chi connectivity index (χ3v) is 5.54. The van der Waals surface area contributed by atoms with E-state index in [1.807, 2.05) is 11.8 Å². The molecule has 2 saturated heterocycles.